The van der Waals surface area contributed by atoms with Crippen LogP contribution in [0.1, 0.15) is 13.8 Å². The molecule has 0 aromatic heterocycles. The number of amides is 2. The smallest absolute Gasteiger partial charge is 0.323 e. The number of rotatable bonds is 2. The van der Waals surface area contributed by atoms with E-state index in [0.29, 0.717) is 25.2 Å². The maximum Gasteiger partial charge on any atom is 0.323 e. The molecule has 0 aliphatic carbocycles. The second-order valence-corrected chi connectivity index (χ2v) is 4.32. The van der Waals surface area contributed by atoms with Crippen molar-refractivity contribution in [3.63, 3.8) is 0 Å². The van der Waals surface area contributed by atoms with Gasteiger partial charge in [0.25, 0.3) is 0 Å². The van der Waals surface area contributed by atoms with Gasteiger partial charge in [-0.1, -0.05) is 0 Å². The first-order valence-corrected chi connectivity index (χ1v) is 5.38. The van der Waals surface area contributed by atoms with E-state index in [2.05, 4.69) is 10.2 Å². The summed E-state index contributed by atoms with van der Waals surface area (Å²) in [4.78, 5) is 25.8. The van der Waals surface area contributed by atoms with Crippen molar-refractivity contribution < 1.29 is 14.7 Å². The number of carboxylic acids is 1. The van der Waals surface area contributed by atoms with E-state index in [-0.39, 0.29) is 12.6 Å². The minimum absolute atomic E-state index is 0.291. The van der Waals surface area contributed by atoms with Crippen LogP contribution in [0.3, 0.4) is 0 Å². The van der Waals surface area contributed by atoms with Crippen LogP contribution in [0, 0.1) is 0 Å². The van der Waals surface area contributed by atoms with Crippen molar-refractivity contribution >= 4 is 12.0 Å². The molecule has 1 rings (SSSR count). The Morgan fingerprint density at radius 1 is 1.31 bits per heavy atom. The molecule has 0 spiro atoms. The van der Waals surface area contributed by atoms with Gasteiger partial charge in [0.2, 0.25) is 0 Å². The summed E-state index contributed by atoms with van der Waals surface area (Å²) in [5.74, 6) is -1.02. The van der Waals surface area contributed by atoms with Crippen molar-refractivity contribution in [1.29, 1.82) is 0 Å². The average Bonchev–Trinajstić information content (AvgIpc) is 2.21. The topological polar surface area (TPSA) is 72.9 Å². The summed E-state index contributed by atoms with van der Waals surface area (Å²) in [5.41, 5.74) is 0. The Hall–Kier alpha value is -1.30. The van der Waals surface area contributed by atoms with Crippen molar-refractivity contribution in [1.82, 2.24) is 15.1 Å². The predicted molar refractivity (Wildman–Crippen MR) is 59.3 cm³/mol. The van der Waals surface area contributed by atoms with Gasteiger partial charge in [-0.05, 0) is 20.9 Å². The highest BCUT2D eigenvalue weighted by atomic mass is 16.4. The summed E-state index contributed by atoms with van der Waals surface area (Å²) < 4.78 is 0. The molecule has 0 radical (unpaired) electrons. The Morgan fingerprint density at radius 2 is 1.81 bits per heavy atom. The highest BCUT2D eigenvalue weighted by Crippen LogP contribution is 2.12. The van der Waals surface area contributed by atoms with E-state index in [9.17, 15) is 9.59 Å². The van der Waals surface area contributed by atoms with Crippen LogP contribution < -0.4 is 5.32 Å². The number of aliphatic carboxylic acids is 1. The fourth-order valence-electron chi connectivity index (χ4n) is 1.83. The molecule has 1 heterocycles. The number of likely N-dealkylation sites (N-methyl/N-ethyl adjacent to an activating group) is 1. The van der Waals surface area contributed by atoms with Crippen molar-refractivity contribution in [3.05, 3.63) is 0 Å². The van der Waals surface area contributed by atoms with Crippen LogP contribution in [0.15, 0.2) is 0 Å². The van der Waals surface area contributed by atoms with E-state index >= 15 is 0 Å². The maximum atomic E-state index is 11.6. The lowest BCUT2D eigenvalue weighted by Gasteiger charge is -2.42. The molecule has 2 atom stereocenters. The van der Waals surface area contributed by atoms with Gasteiger partial charge < -0.3 is 15.3 Å². The molecule has 0 aromatic carbocycles. The van der Waals surface area contributed by atoms with Crippen LogP contribution in [0.25, 0.3) is 0 Å². The summed E-state index contributed by atoms with van der Waals surface area (Å²) in [7, 11) is 2.03. The average molecular weight is 229 g/mol. The van der Waals surface area contributed by atoms with Crippen LogP contribution in [-0.4, -0.2) is 65.7 Å². The fourth-order valence-corrected chi connectivity index (χ4v) is 1.83. The lowest BCUT2D eigenvalue weighted by molar-refractivity contribution is -0.135. The van der Waals surface area contributed by atoms with Gasteiger partial charge in [-0.15, -0.1) is 0 Å². The molecular formula is C10H19N3O3. The standard InChI is InChI=1S/C10H19N3O3/c1-7-5-13(6-8(2)12(7)3)10(16)11-4-9(14)15/h7-8H,4-6H2,1-3H3,(H,11,16)(H,14,15). The number of carbonyl (C=O) groups excluding carboxylic acids is 1. The zero-order valence-corrected chi connectivity index (χ0v) is 9.93. The lowest BCUT2D eigenvalue weighted by Crippen LogP contribution is -2.58. The van der Waals surface area contributed by atoms with Crippen LogP contribution in [0.5, 0.6) is 0 Å². The number of carboxylic acid groups (broad SMARTS) is 1. The predicted octanol–water partition coefficient (Wildman–Crippen LogP) is -0.195. The molecular weight excluding hydrogens is 210 g/mol. The van der Waals surface area contributed by atoms with Crippen LogP contribution >= 0.6 is 0 Å². The molecule has 0 bridgehead atoms. The Morgan fingerprint density at radius 3 is 2.25 bits per heavy atom. The molecule has 2 unspecified atom stereocenters. The molecule has 0 aromatic rings. The Kier molecular flexibility index (Phi) is 4.12. The minimum Gasteiger partial charge on any atom is -0.480 e. The van der Waals surface area contributed by atoms with E-state index < -0.39 is 5.97 Å². The van der Waals surface area contributed by atoms with Gasteiger partial charge in [-0.3, -0.25) is 9.69 Å². The normalized spacial score (nSPS) is 26.6. The quantitative estimate of drug-likeness (QED) is 0.688. The van der Waals surface area contributed by atoms with Crippen molar-refractivity contribution in [3.8, 4) is 0 Å². The van der Waals surface area contributed by atoms with Gasteiger partial charge in [0.1, 0.15) is 6.54 Å². The minimum atomic E-state index is -1.02. The molecule has 6 nitrogen and oxygen atoms in total. The first-order valence-electron chi connectivity index (χ1n) is 5.38. The highest BCUT2D eigenvalue weighted by Gasteiger charge is 2.29. The zero-order valence-electron chi connectivity index (χ0n) is 9.93. The number of nitrogens with zero attached hydrogens (tertiary/aromatic N) is 2. The van der Waals surface area contributed by atoms with E-state index in [1.54, 1.807) is 4.90 Å². The fraction of sp³-hybridized carbons (Fsp3) is 0.800. The summed E-state index contributed by atoms with van der Waals surface area (Å²) in [6, 6.07) is 0.285. The van der Waals surface area contributed by atoms with E-state index in [4.69, 9.17) is 5.11 Å². The molecule has 16 heavy (non-hydrogen) atoms. The van der Waals surface area contributed by atoms with Crippen molar-refractivity contribution in [2.24, 2.45) is 0 Å². The Labute approximate surface area is 95.2 Å². The number of hydrogen-bond acceptors (Lipinski definition) is 3. The lowest BCUT2D eigenvalue weighted by atomic mass is 10.1. The van der Waals surface area contributed by atoms with Crippen molar-refractivity contribution in [2.45, 2.75) is 25.9 Å². The van der Waals surface area contributed by atoms with E-state index in [1.165, 1.54) is 0 Å². The maximum absolute atomic E-state index is 11.6. The van der Waals surface area contributed by atoms with E-state index in [1.807, 2.05) is 20.9 Å². The van der Waals surface area contributed by atoms with Gasteiger partial charge in [-0.2, -0.15) is 0 Å². The third kappa shape index (κ3) is 3.10. The summed E-state index contributed by atoms with van der Waals surface area (Å²) in [5, 5.41) is 10.8. The third-order valence-corrected chi connectivity index (χ3v) is 3.04. The molecule has 1 aliphatic heterocycles. The Bertz CT molecular complexity index is 270. The monoisotopic (exact) mass is 229 g/mol. The van der Waals surface area contributed by atoms with Gasteiger partial charge >= 0.3 is 12.0 Å². The molecule has 92 valence electrons. The molecule has 6 heteroatoms. The first kappa shape index (κ1) is 12.8. The number of carbonyl (C=O) groups is 2. The summed E-state index contributed by atoms with van der Waals surface area (Å²) >= 11 is 0. The zero-order chi connectivity index (χ0) is 12.3. The third-order valence-electron chi connectivity index (χ3n) is 3.04. The van der Waals surface area contributed by atoms with Crippen molar-refractivity contribution in [2.75, 3.05) is 26.7 Å². The van der Waals surface area contributed by atoms with E-state index in [0.717, 1.165) is 0 Å². The number of piperazine rings is 1. The number of urea groups is 1. The second kappa shape index (κ2) is 5.16. The van der Waals surface area contributed by atoms with Crippen LogP contribution in [0.2, 0.25) is 0 Å². The molecule has 1 aliphatic rings. The number of nitrogens with one attached hydrogen (secondary N) is 1. The first-order chi connectivity index (χ1) is 7.41. The largest absolute Gasteiger partial charge is 0.480 e. The van der Waals surface area contributed by atoms with Crippen LogP contribution in [0.4, 0.5) is 4.79 Å². The molecule has 2 amide bonds. The second-order valence-electron chi connectivity index (χ2n) is 4.32. The molecule has 1 fully saturated rings. The molecule has 0 saturated carbocycles. The Balaban J connectivity index is 2.48. The number of hydrogen-bond donors (Lipinski definition) is 2. The SMILES string of the molecule is CC1CN(C(=O)NCC(=O)O)CC(C)N1C. The van der Waals surface area contributed by atoms with Gasteiger partial charge in [0, 0.05) is 25.2 Å². The summed E-state index contributed by atoms with van der Waals surface area (Å²) in [6.45, 7) is 5.03. The highest BCUT2D eigenvalue weighted by molar-refractivity contribution is 5.80. The molecule has 1 saturated heterocycles. The van der Waals surface area contributed by atoms with Gasteiger partial charge in [0.15, 0.2) is 0 Å². The summed E-state index contributed by atoms with van der Waals surface area (Å²) in [6.07, 6.45) is 0. The molecule has 2 N–H and O–H groups in total. The van der Waals surface area contributed by atoms with Crippen LogP contribution in [-0.2, 0) is 4.79 Å². The van der Waals surface area contributed by atoms with Gasteiger partial charge in [0.05, 0.1) is 0 Å². The van der Waals surface area contributed by atoms with Gasteiger partial charge in [-0.25, -0.2) is 4.79 Å².